The fraction of sp³-hybridized carbons (Fsp3) is 0.533. The number of thiophene rings is 1. The Kier molecular flexibility index (Phi) is 7.31. The predicted molar refractivity (Wildman–Crippen MR) is 84.4 cm³/mol. The summed E-state index contributed by atoms with van der Waals surface area (Å²) < 4.78 is 0. The van der Waals surface area contributed by atoms with Crippen LogP contribution in [0.4, 0.5) is 0 Å². The highest BCUT2D eigenvalue weighted by molar-refractivity contribution is 7.10. The molecule has 1 heterocycles. The fourth-order valence-corrected chi connectivity index (χ4v) is 2.55. The first-order chi connectivity index (χ1) is 9.52. The van der Waals surface area contributed by atoms with Gasteiger partial charge in [-0.25, -0.2) is 0 Å². The van der Waals surface area contributed by atoms with Gasteiger partial charge < -0.3 is 11.1 Å². The molecule has 0 aliphatic heterocycles. The van der Waals surface area contributed by atoms with E-state index >= 15 is 0 Å². The van der Waals surface area contributed by atoms with Crippen molar-refractivity contribution in [3.05, 3.63) is 21.9 Å². The molecule has 0 bridgehead atoms. The topological polar surface area (TPSA) is 58.4 Å². The van der Waals surface area contributed by atoms with Crippen LogP contribution < -0.4 is 11.1 Å². The van der Waals surface area contributed by atoms with Crippen molar-refractivity contribution >= 4 is 17.2 Å². The van der Waals surface area contributed by atoms with Crippen LogP contribution in [0, 0.1) is 17.8 Å². The van der Waals surface area contributed by atoms with Crippen LogP contribution in [0.15, 0.2) is 11.4 Å². The number of likely N-dealkylation sites (N-methyl/N-ethyl adjacent to an activating group) is 1. The monoisotopic (exact) mass is 293 g/mol. The SMILES string of the molecule is CC(C)CNC(=O)CN(C)Cc1sccc1C#CCN. The van der Waals surface area contributed by atoms with Crippen molar-refractivity contribution in [3.63, 3.8) is 0 Å². The van der Waals surface area contributed by atoms with Crippen LogP contribution in [0.5, 0.6) is 0 Å². The molecule has 1 aromatic rings. The van der Waals surface area contributed by atoms with Gasteiger partial charge in [0.25, 0.3) is 0 Å². The Morgan fingerprint density at radius 1 is 1.55 bits per heavy atom. The largest absolute Gasteiger partial charge is 0.355 e. The Morgan fingerprint density at radius 3 is 2.95 bits per heavy atom. The summed E-state index contributed by atoms with van der Waals surface area (Å²) in [5, 5.41) is 4.94. The number of carbonyl (C=O) groups is 1. The lowest BCUT2D eigenvalue weighted by atomic mass is 10.2. The second-order valence-corrected chi connectivity index (χ2v) is 6.13. The van der Waals surface area contributed by atoms with Crippen molar-refractivity contribution in [1.29, 1.82) is 0 Å². The summed E-state index contributed by atoms with van der Waals surface area (Å²) >= 11 is 1.66. The van der Waals surface area contributed by atoms with E-state index in [0.29, 0.717) is 19.0 Å². The van der Waals surface area contributed by atoms with Gasteiger partial charge in [-0.05, 0) is 24.4 Å². The van der Waals surface area contributed by atoms with E-state index in [1.807, 2.05) is 23.4 Å². The van der Waals surface area contributed by atoms with Crippen molar-refractivity contribution in [2.45, 2.75) is 20.4 Å². The smallest absolute Gasteiger partial charge is 0.234 e. The van der Waals surface area contributed by atoms with E-state index in [1.54, 1.807) is 11.3 Å². The first-order valence-electron chi connectivity index (χ1n) is 6.73. The highest BCUT2D eigenvalue weighted by atomic mass is 32.1. The lowest BCUT2D eigenvalue weighted by Gasteiger charge is -2.16. The zero-order chi connectivity index (χ0) is 15.0. The molecule has 0 fully saturated rings. The molecule has 0 spiro atoms. The van der Waals surface area contributed by atoms with E-state index < -0.39 is 0 Å². The third kappa shape index (κ3) is 6.20. The predicted octanol–water partition coefficient (Wildman–Crippen LogP) is 1.26. The van der Waals surface area contributed by atoms with E-state index in [-0.39, 0.29) is 5.91 Å². The zero-order valence-corrected chi connectivity index (χ0v) is 13.2. The van der Waals surface area contributed by atoms with E-state index in [1.165, 1.54) is 4.88 Å². The Morgan fingerprint density at radius 2 is 2.30 bits per heavy atom. The second kappa shape index (κ2) is 8.75. The molecule has 0 radical (unpaired) electrons. The Labute approximate surface area is 125 Å². The summed E-state index contributed by atoms with van der Waals surface area (Å²) in [6, 6.07) is 2.00. The average Bonchev–Trinajstić information content (AvgIpc) is 2.81. The quantitative estimate of drug-likeness (QED) is 0.776. The van der Waals surface area contributed by atoms with Gasteiger partial charge in [0.15, 0.2) is 0 Å². The van der Waals surface area contributed by atoms with Gasteiger partial charge in [-0.2, -0.15) is 0 Å². The van der Waals surface area contributed by atoms with Crippen LogP contribution in [0.25, 0.3) is 0 Å². The first-order valence-corrected chi connectivity index (χ1v) is 7.61. The number of carbonyl (C=O) groups excluding carboxylic acids is 1. The van der Waals surface area contributed by atoms with Gasteiger partial charge in [0.1, 0.15) is 0 Å². The molecule has 4 nitrogen and oxygen atoms in total. The van der Waals surface area contributed by atoms with Gasteiger partial charge in [0.05, 0.1) is 13.1 Å². The summed E-state index contributed by atoms with van der Waals surface area (Å²) in [4.78, 5) is 14.9. The number of hydrogen-bond acceptors (Lipinski definition) is 4. The van der Waals surface area contributed by atoms with Crippen LogP contribution in [-0.4, -0.2) is 37.5 Å². The number of nitrogens with two attached hydrogens (primary N) is 1. The normalized spacial score (nSPS) is 10.5. The van der Waals surface area contributed by atoms with Crippen molar-refractivity contribution in [2.24, 2.45) is 11.7 Å². The zero-order valence-electron chi connectivity index (χ0n) is 12.4. The van der Waals surface area contributed by atoms with Crippen LogP contribution in [0.3, 0.4) is 0 Å². The minimum atomic E-state index is 0.0624. The molecule has 20 heavy (non-hydrogen) atoms. The Balaban J connectivity index is 2.48. The van der Waals surface area contributed by atoms with Crippen molar-refractivity contribution in [2.75, 3.05) is 26.7 Å². The molecule has 110 valence electrons. The minimum absolute atomic E-state index is 0.0624. The molecule has 0 unspecified atom stereocenters. The van der Waals surface area contributed by atoms with Crippen LogP contribution >= 0.6 is 11.3 Å². The number of amides is 1. The molecule has 0 saturated carbocycles. The number of rotatable bonds is 6. The molecule has 1 amide bonds. The number of nitrogens with zero attached hydrogens (tertiary/aromatic N) is 1. The maximum Gasteiger partial charge on any atom is 0.234 e. The Hall–Kier alpha value is -1.35. The second-order valence-electron chi connectivity index (χ2n) is 5.13. The van der Waals surface area contributed by atoms with Crippen molar-refractivity contribution in [1.82, 2.24) is 10.2 Å². The van der Waals surface area contributed by atoms with Crippen molar-refractivity contribution < 1.29 is 4.79 Å². The van der Waals surface area contributed by atoms with Crippen molar-refractivity contribution in [3.8, 4) is 11.8 Å². The highest BCUT2D eigenvalue weighted by Crippen LogP contribution is 2.17. The molecule has 0 saturated heterocycles. The van der Waals surface area contributed by atoms with Gasteiger partial charge in [-0.15, -0.1) is 11.3 Å². The van der Waals surface area contributed by atoms with Gasteiger partial charge >= 0.3 is 0 Å². The van der Waals surface area contributed by atoms with Gasteiger partial charge in [-0.1, -0.05) is 25.7 Å². The lowest BCUT2D eigenvalue weighted by molar-refractivity contribution is -0.122. The third-order valence-electron chi connectivity index (χ3n) is 2.61. The fourth-order valence-electron chi connectivity index (χ4n) is 1.64. The van der Waals surface area contributed by atoms with E-state index in [4.69, 9.17) is 5.73 Å². The molecule has 0 aromatic carbocycles. The Bertz CT molecular complexity index is 485. The molecule has 1 aromatic heterocycles. The van der Waals surface area contributed by atoms with Crippen LogP contribution in [-0.2, 0) is 11.3 Å². The molecular formula is C15H23N3OS. The first kappa shape index (κ1) is 16.7. The molecule has 0 atom stereocenters. The molecular weight excluding hydrogens is 270 g/mol. The van der Waals surface area contributed by atoms with Gasteiger partial charge in [0, 0.05) is 23.5 Å². The summed E-state index contributed by atoms with van der Waals surface area (Å²) in [6.07, 6.45) is 0. The van der Waals surface area contributed by atoms with E-state index in [9.17, 15) is 4.79 Å². The molecule has 0 aliphatic carbocycles. The minimum Gasteiger partial charge on any atom is -0.355 e. The lowest BCUT2D eigenvalue weighted by Crippen LogP contribution is -2.36. The molecule has 3 N–H and O–H groups in total. The third-order valence-corrected chi connectivity index (χ3v) is 3.51. The summed E-state index contributed by atoms with van der Waals surface area (Å²) in [7, 11) is 1.94. The standard InChI is InChI=1S/C15H23N3OS/c1-12(2)9-17-15(19)11-18(3)10-14-13(5-4-7-16)6-8-20-14/h6,8,12H,7,9-11,16H2,1-3H3,(H,17,19). The van der Waals surface area contributed by atoms with E-state index in [0.717, 1.165) is 18.7 Å². The highest BCUT2D eigenvalue weighted by Gasteiger charge is 2.10. The maximum atomic E-state index is 11.7. The van der Waals surface area contributed by atoms with Crippen LogP contribution in [0.1, 0.15) is 24.3 Å². The van der Waals surface area contributed by atoms with Gasteiger partial charge in [0.2, 0.25) is 5.91 Å². The summed E-state index contributed by atoms with van der Waals surface area (Å²) in [5.74, 6) is 6.46. The summed E-state index contributed by atoms with van der Waals surface area (Å²) in [5.41, 5.74) is 6.40. The maximum absolute atomic E-state index is 11.7. The average molecular weight is 293 g/mol. The van der Waals surface area contributed by atoms with Crippen LogP contribution in [0.2, 0.25) is 0 Å². The van der Waals surface area contributed by atoms with Gasteiger partial charge in [-0.3, -0.25) is 9.69 Å². The molecule has 0 aliphatic rings. The number of hydrogen-bond donors (Lipinski definition) is 2. The molecule has 5 heteroatoms. The van der Waals surface area contributed by atoms with E-state index in [2.05, 4.69) is 31.0 Å². The number of nitrogens with one attached hydrogen (secondary N) is 1. The molecule has 1 rings (SSSR count). The summed E-state index contributed by atoms with van der Waals surface area (Å²) in [6.45, 7) is 6.37.